The third kappa shape index (κ3) is 4.22. The highest BCUT2D eigenvalue weighted by Crippen LogP contribution is 2.32. The predicted octanol–water partition coefficient (Wildman–Crippen LogP) is 0.161. The van der Waals surface area contributed by atoms with Gasteiger partial charge in [-0.1, -0.05) is 11.2 Å². The molecule has 1 aromatic carbocycles. The van der Waals surface area contributed by atoms with E-state index in [2.05, 4.69) is 30.8 Å². The number of amidine groups is 1. The molecular weight excluding hydrogens is 365 g/mol. The van der Waals surface area contributed by atoms with Gasteiger partial charge in [-0.15, -0.1) is 9.86 Å². The quantitative estimate of drug-likeness (QED) is 0.112. The second kappa shape index (κ2) is 8.31. The molecule has 26 heavy (non-hydrogen) atoms. The number of nitrogens with zero attached hydrogens (tertiary/aromatic N) is 3. The summed E-state index contributed by atoms with van der Waals surface area (Å²) in [4.78, 5) is 0. The van der Waals surface area contributed by atoms with Crippen LogP contribution in [0.5, 0.6) is 0 Å². The van der Waals surface area contributed by atoms with Crippen LogP contribution in [0.4, 0.5) is 10.2 Å². The van der Waals surface area contributed by atoms with E-state index in [4.69, 9.17) is 9.77 Å². The van der Waals surface area contributed by atoms with Crippen molar-refractivity contribution in [1.82, 2.24) is 20.4 Å². The number of fused-ring (bicyclic) bond motifs is 1. The maximum Gasteiger partial charge on any atom is 0.202 e. The summed E-state index contributed by atoms with van der Waals surface area (Å²) in [5.41, 5.74) is 2.02. The molecule has 6 N–H and O–H groups in total. The Bertz CT molecular complexity index is 786. The smallest absolute Gasteiger partial charge is 0.202 e. The van der Waals surface area contributed by atoms with Crippen LogP contribution in [0, 0.1) is 5.82 Å². The summed E-state index contributed by atoms with van der Waals surface area (Å²) in [6.45, 7) is 0.643. The molecule has 1 aliphatic carbocycles. The Morgan fingerprint density at radius 2 is 2.31 bits per heavy atom. The van der Waals surface area contributed by atoms with Crippen LogP contribution in [-0.2, 0) is 18.0 Å². The summed E-state index contributed by atoms with van der Waals surface area (Å²) in [7, 11) is 0. The standard InChI is InChI=1S/C14H18FN7O3S/c15-9-3-1-8-2-4-11(10(8)7-9)19-14(20-23)12-13(22-25-21-12)17-5-6-18-26(16)24/h1,3,7,11,18,23H,2,4-6,16H2,(H,17,22)(H,19,20). The van der Waals surface area contributed by atoms with Gasteiger partial charge in [-0.25, -0.2) is 9.02 Å². The number of rotatable bonds is 7. The van der Waals surface area contributed by atoms with E-state index in [1.54, 1.807) is 6.07 Å². The molecule has 2 atom stereocenters. The fourth-order valence-corrected chi connectivity index (χ4v) is 3.13. The number of nitrogens with one attached hydrogen (secondary N) is 3. The number of aryl methyl sites for hydroxylation is 1. The van der Waals surface area contributed by atoms with E-state index in [0.717, 1.165) is 24.0 Å². The van der Waals surface area contributed by atoms with E-state index in [1.165, 1.54) is 12.1 Å². The monoisotopic (exact) mass is 383 g/mol. The minimum absolute atomic E-state index is 0.0474. The fraction of sp³-hybridized carbons (Fsp3) is 0.357. The number of hydrogen-bond acceptors (Lipinski definition) is 9. The number of anilines is 1. The van der Waals surface area contributed by atoms with Crippen molar-refractivity contribution < 1.29 is 18.8 Å². The first-order chi connectivity index (χ1) is 12.6. The minimum atomic E-state index is -1.61. The summed E-state index contributed by atoms with van der Waals surface area (Å²) in [5, 5.41) is 31.1. The van der Waals surface area contributed by atoms with Crippen LogP contribution in [-0.4, -0.2) is 39.0 Å². The molecular formula is C14H18FN7O3S. The summed E-state index contributed by atoms with van der Waals surface area (Å²) in [5.74, 6) is -0.0335. The number of benzene rings is 1. The van der Waals surface area contributed by atoms with E-state index >= 15 is 0 Å². The van der Waals surface area contributed by atoms with Crippen LogP contribution in [0.2, 0.25) is 0 Å². The van der Waals surface area contributed by atoms with Gasteiger partial charge in [0.1, 0.15) is 17.4 Å². The Hall–Kier alpha value is -2.41. The Kier molecular flexibility index (Phi) is 5.88. The van der Waals surface area contributed by atoms with E-state index < -0.39 is 11.5 Å². The lowest BCUT2D eigenvalue weighted by Gasteiger charge is -2.15. The van der Waals surface area contributed by atoms with Gasteiger partial charge in [0.05, 0.1) is 12.6 Å². The van der Waals surface area contributed by atoms with E-state index in [0.29, 0.717) is 13.1 Å². The summed E-state index contributed by atoms with van der Waals surface area (Å²) in [6.07, 6.45) is 1.51. The van der Waals surface area contributed by atoms with Crippen LogP contribution in [0.15, 0.2) is 28.0 Å². The molecule has 0 radical (unpaired) electrons. The molecule has 0 fully saturated rings. The second-order valence-corrected chi connectivity index (χ2v) is 6.49. The van der Waals surface area contributed by atoms with Gasteiger partial charge in [-0.3, -0.25) is 0 Å². The molecule has 0 bridgehead atoms. The Morgan fingerprint density at radius 3 is 3.08 bits per heavy atom. The normalized spacial score (nSPS) is 17.8. The van der Waals surface area contributed by atoms with Crippen LogP contribution in [0.1, 0.15) is 29.3 Å². The first kappa shape index (κ1) is 18.4. The van der Waals surface area contributed by atoms with E-state index in [-0.39, 0.29) is 29.2 Å². The first-order valence-electron chi connectivity index (χ1n) is 7.82. The number of hydrogen-bond donors (Lipinski definition) is 5. The molecule has 1 aromatic heterocycles. The molecule has 0 spiro atoms. The molecule has 1 heterocycles. The molecule has 0 saturated heterocycles. The molecule has 3 rings (SSSR count). The van der Waals surface area contributed by atoms with Crippen LogP contribution < -0.4 is 20.5 Å². The highest BCUT2D eigenvalue weighted by atomic mass is 32.2. The molecule has 2 aromatic rings. The Morgan fingerprint density at radius 1 is 1.46 bits per heavy atom. The highest BCUT2D eigenvalue weighted by Gasteiger charge is 2.27. The van der Waals surface area contributed by atoms with Crippen molar-refractivity contribution in [2.75, 3.05) is 18.4 Å². The van der Waals surface area contributed by atoms with Crippen molar-refractivity contribution in [1.29, 1.82) is 0 Å². The number of oxime groups is 1. The first-order valence-corrected chi connectivity index (χ1v) is 9.03. The molecule has 140 valence electrons. The number of aromatic nitrogens is 2. The van der Waals surface area contributed by atoms with Crippen molar-refractivity contribution in [3.05, 3.63) is 40.8 Å². The molecule has 2 unspecified atom stereocenters. The van der Waals surface area contributed by atoms with Crippen molar-refractivity contribution in [3.63, 3.8) is 0 Å². The maximum atomic E-state index is 13.5. The molecule has 1 aliphatic rings. The van der Waals surface area contributed by atoms with Gasteiger partial charge < -0.3 is 20.4 Å². The van der Waals surface area contributed by atoms with Crippen molar-refractivity contribution in [3.8, 4) is 0 Å². The summed E-state index contributed by atoms with van der Waals surface area (Å²) >= 11 is -1.61. The molecule has 0 amide bonds. The Labute approximate surface area is 151 Å². The summed E-state index contributed by atoms with van der Waals surface area (Å²) in [6, 6.07) is 4.42. The SMILES string of the molecule is N[S+]([O-])NCCNc1nonc1/C(=N/O)NC1CCc2ccc(F)cc21. The Balaban J connectivity index is 1.68. The second-order valence-electron chi connectivity index (χ2n) is 5.61. The molecule has 12 heteroatoms. The third-order valence-corrected chi connectivity index (χ3v) is 4.46. The minimum Gasteiger partial charge on any atom is -0.579 e. The molecule has 0 saturated carbocycles. The largest absolute Gasteiger partial charge is 0.579 e. The third-order valence-electron chi connectivity index (χ3n) is 3.97. The van der Waals surface area contributed by atoms with E-state index in [9.17, 15) is 14.2 Å². The van der Waals surface area contributed by atoms with Gasteiger partial charge in [-0.2, -0.15) is 0 Å². The van der Waals surface area contributed by atoms with Gasteiger partial charge in [0.15, 0.2) is 11.5 Å². The zero-order valence-electron chi connectivity index (χ0n) is 13.6. The molecule has 10 nitrogen and oxygen atoms in total. The lowest BCUT2D eigenvalue weighted by molar-refractivity contribution is 0.303. The van der Waals surface area contributed by atoms with Crippen molar-refractivity contribution >= 4 is 23.2 Å². The lowest BCUT2D eigenvalue weighted by Crippen LogP contribution is -2.34. The number of nitrogens with two attached hydrogens (primary N) is 1. The van der Waals surface area contributed by atoms with Gasteiger partial charge in [-0.05, 0) is 46.4 Å². The van der Waals surface area contributed by atoms with Crippen LogP contribution >= 0.6 is 0 Å². The fourth-order valence-electron chi connectivity index (χ4n) is 2.83. The van der Waals surface area contributed by atoms with E-state index in [1.807, 2.05) is 0 Å². The lowest BCUT2D eigenvalue weighted by atomic mass is 10.1. The van der Waals surface area contributed by atoms with Crippen molar-refractivity contribution in [2.24, 2.45) is 10.3 Å². The zero-order valence-corrected chi connectivity index (χ0v) is 14.4. The van der Waals surface area contributed by atoms with Gasteiger partial charge >= 0.3 is 0 Å². The van der Waals surface area contributed by atoms with Gasteiger partial charge in [0.2, 0.25) is 5.82 Å². The topological polar surface area (TPSA) is 157 Å². The predicted molar refractivity (Wildman–Crippen MR) is 92.0 cm³/mol. The van der Waals surface area contributed by atoms with Crippen molar-refractivity contribution in [2.45, 2.75) is 18.9 Å². The zero-order chi connectivity index (χ0) is 18.5. The summed E-state index contributed by atoms with van der Waals surface area (Å²) < 4.78 is 31.5. The van der Waals surface area contributed by atoms with Crippen LogP contribution in [0.3, 0.4) is 0 Å². The van der Waals surface area contributed by atoms with Gasteiger partial charge in [0.25, 0.3) is 0 Å². The van der Waals surface area contributed by atoms with Crippen LogP contribution in [0.25, 0.3) is 0 Å². The highest BCUT2D eigenvalue weighted by molar-refractivity contribution is 7.87. The number of halogens is 1. The average molecular weight is 383 g/mol. The van der Waals surface area contributed by atoms with Gasteiger partial charge in [0, 0.05) is 6.54 Å². The molecule has 0 aliphatic heterocycles. The maximum absolute atomic E-state index is 13.5. The average Bonchev–Trinajstić information content (AvgIpc) is 3.23.